The fourth-order valence-electron chi connectivity index (χ4n) is 3.44. The van der Waals surface area contributed by atoms with Gasteiger partial charge in [-0.3, -0.25) is 4.90 Å². The molecule has 1 fully saturated rings. The monoisotopic (exact) mass is 325 g/mol. The minimum atomic E-state index is 0.603. The zero-order valence-corrected chi connectivity index (χ0v) is 14.9. The van der Waals surface area contributed by atoms with E-state index in [1.165, 1.54) is 24.0 Å². The van der Waals surface area contributed by atoms with Crippen molar-refractivity contribution in [3.05, 3.63) is 53.7 Å². The third kappa shape index (κ3) is 3.88. The zero-order valence-electron chi connectivity index (χ0n) is 14.9. The van der Waals surface area contributed by atoms with Crippen molar-refractivity contribution in [2.75, 3.05) is 39.2 Å². The SMILES string of the molecule is COc1ccccc1C1CCN(Cc2ccc(N(C)C)nc2)CC1. The highest BCUT2D eigenvalue weighted by molar-refractivity contribution is 5.37. The van der Waals surface area contributed by atoms with Crippen LogP contribution in [-0.2, 0) is 6.54 Å². The number of hydrogen-bond donors (Lipinski definition) is 0. The predicted molar refractivity (Wildman–Crippen MR) is 98.8 cm³/mol. The molecule has 0 radical (unpaired) electrons. The van der Waals surface area contributed by atoms with Crippen LogP contribution in [0.1, 0.15) is 29.9 Å². The lowest BCUT2D eigenvalue weighted by molar-refractivity contribution is 0.203. The second kappa shape index (κ2) is 7.67. The van der Waals surface area contributed by atoms with Crippen molar-refractivity contribution in [3.63, 3.8) is 0 Å². The molecule has 0 bridgehead atoms. The Kier molecular flexibility index (Phi) is 5.36. The van der Waals surface area contributed by atoms with Gasteiger partial charge in [0, 0.05) is 26.8 Å². The predicted octanol–water partition coefficient (Wildman–Crippen LogP) is 3.54. The normalized spacial score (nSPS) is 16.1. The van der Waals surface area contributed by atoms with E-state index in [4.69, 9.17) is 4.74 Å². The van der Waals surface area contributed by atoms with Crippen LogP contribution in [0.4, 0.5) is 5.82 Å². The van der Waals surface area contributed by atoms with E-state index in [-0.39, 0.29) is 0 Å². The Balaban J connectivity index is 1.57. The molecule has 0 atom stereocenters. The molecular weight excluding hydrogens is 298 g/mol. The van der Waals surface area contributed by atoms with E-state index in [1.54, 1.807) is 7.11 Å². The third-order valence-corrected chi connectivity index (χ3v) is 4.84. The van der Waals surface area contributed by atoms with Crippen LogP contribution >= 0.6 is 0 Å². The largest absolute Gasteiger partial charge is 0.496 e. The minimum Gasteiger partial charge on any atom is -0.496 e. The molecule has 2 heterocycles. The molecule has 0 saturated carbocycles. The highest BCUT2D eigenvalue weighted by Gasteiger charge is 2.22. The lowest BCUT2D eigenvalue weighted by Crippen LogP contribution is -2.32. The van der Waals surface area contributed by atoms with E-state index < -0.39 is 0 Å². The Morgan fingerprint density at radius 3 is 2.50 bits per heavy atom. The molecule has 3 rings (SSSR count). The molecule has 1 saturated heterocycles. The van der Waals surface area contributed by atoms with E-state index in [0.717, 1.165) is 31.2 Å². The third-order valence-electron chi connectivity index (χ3n) is 4.84. The minimum absolute atomic E-state index is 0.603. The first-order valence-electron chi connectivity index (χ1n) is 8.65. The number of rotatable bonds is 5. The molecule has 0 unspecified atom stereocenters. The fraction of sp³-hybridized carbons (Fsp3) is 0.450. The first-order chi connectivity index (χ1) is 11.7. The molecule has 128 valence electrons. The average molecular weight is 325 g/mol. The van der Waals surface area contributed by atoms with Crippen LogP contribution < -0.4 is 9.64 Å². The maximum Gasteiger partial charge on any atom is 0.127 e. The lowest BCUT2D eigenvalue weighted by atomic mass is 9.88. The standard InChI is InChI=1S/C20H27N3O/c1-22(2)20-9-8-16(14-21-20)15-23-12-10-17(11-13-23)18-6-4-5-7-19(18)24-3/h4-9,14,17H,10-13,15H2,1-3H3. The van der Waals surface area contributed by atoms with Crippen molar-refractivity contribution in [1.29, 1.82) is 0 Å². The molecule has 0 aliphatic carbocycles. The molecule has 2 aromatic rings. The van der Waals surface area contributed by atoms with Gasteiger partial charge in [-0.25, -0.2) is 4.98 Å². The Bertz CT molecular complexity index is 646. The molecule has 1 aromatic carbocycles. The molecule has 4 heteroatoms. The molecule has 1 aromatic heterocycles. The summed E-state index contributed by atoms with van der Waals surface area (Å²) in [7, 11) is 5.80. The van der Waals surface area contributed by atoms with Crippen molar-refractivity contribution in [3.8, 4) is 5.75 Å². The Morgan fingerprint density at radius 1 is 1.12 bits per heavy atom. The van der Waals surface area contributed by atoms with Crippen LogP contribution in [-0.4, -0.2) is 44.2 Å². The van der Waals surface area contributed by atoms with E-state index in [9.17, 15) is 0 Å². The topological polar surface area (TPSA) is 28.6 Å². The van der Waals surface area contributed by atoms with Crippen LogP contribution in [0, 0.1) is 0 Å². The van der Waals surface area contributed by atoms with E-state index in [1.807, 2.05) is 31.3 Å². The van der Waals surface area contributed by atoms with E-state index in [0.29, 0.717) is 5.92 Å². The number of aromatic nitrogens is 1. The number of hydrogen-bond acceptors (Lipinski definition) is 4. The van der Waals surface area contributed by atoms with Gasteiger partial charge in [-0.05, 0) is 55.1 Å². The molecule has 1 aliphatic rings. The molecule has 4 nitrogen and oxygen atoms in total. The molecule has 24 heavy (non-hydrogen) atoms. The van der Waals surface area contributed by atoms with Crippen LogP contribution in [0.3, 0.4) is 0 Å². The van der Waals surface area contributed by atoms with Gasteiger partial charge in [-0.1, -0.05) is 24.3 Å². The average Bonchev–Trinajstić information content (AvgIpc) is 2.63. The molecule has 0 spiro atoms. The summed E-state index contributed by atoms with van der Waals surface area (Å²) >= 11 is 0. The van der Waals surface area contributed by atoms with Gasteiger partial charge in [-0.15, -0.1) is 0 Å². The van der Waals surface area contributed by atoms with E-state index >= 15 is 0 Å². The summed E-state index contributed by atoms with van der Waals surface area (Å²) in [5.41, 5.74) is 2.65. The molecule has 0 N–H and O–H groups in total. The number of ether oxygens (including phenoxy) is 1. The van der Waals surface area contributed by atoms with Crippen molar-refractivity contribution in [2.24, 2.45) is 0 Å². The number of pyridine rings is 1. The summed E-state index contributed by atoms with van der Waals surface area (Å²) in [4.78, 5) is 9.07. The summed E-state index contributed by atoms with van der Waals surface area (Å²) in [6, 6.07) is 12.7. The first kappa shape index (κ1) is 16.8. The number of methoxy groups -OCH3 is 1. The lowest BCUT2D eigenvalue weighted by Gasteiger charge is -2.32. The fourth-order valence-corrected chi connectivity index (χ4v) is 3.44. The van der Waals surface area contributed by atoms with Gasteiger partial charge in [0.15, 0.2) is 0 Å². The first-order valence-corrected chi connectivity index (χ1v) is 8.65. The van der Waals surface area contributed by atoms with Gasteiger partial charge in [0.25, 0.3) is 0 Å². The summed E-state index contributed by atoms with van der Waals surface area (Å²) in [6.45, 7) is 3.23. The number of anilines is 1. The summed E-state index contributed by atoms with van der Waals surface area (Å²) in [5.74, 6) is 2.64. The maximum absolute atomic E-state index is 5.53. The molecular formula is C20H27N3O. The maximum atomic E-state index is 5.53. The van der Waals surface area contributed by atoms with E-state index in [2.05, 4.69) is 40.2 Å². The Hall–Kier alpha value is -2.07. The van der Waals surface area contributed by atoms with Crippen molar-refractivity contribution in [1.82, 2.24) is 9.88 Å². The van der Waals surface area contributed by atoms with Gasteiger partial charge < -0.3 is 9.64 Å². The second-order valence-corrected chi connectivity index (χ2v) is 6.71. The van der Waals surface area contributed by atoms with Crippen LogP contribution in [0.25, 0.3) is 0 Å². The van der Waals surface area contributed by atoms with Gasteiger partial charge >= 0.3 is 0 Å². The summed E-state index contributed by atoms with van der Waals surface area (Å²) < 4.78 is 5.53. The summed E-state index contributed by atoms with van der Waals surface area (Å²) in [6.07, 6.45) is 4.37. The number of nitrogens with zero attached hydrogens (tertiary/aromatic N) is 3. The number of benzene rings is 1. The van der Waals surface area contributed by atoms with Gasteiger partial charge in [0.1, 0.15) is 11.6 Å². The second-order valence-electron chi connectivity index (χ2n) is 6.71. The molecule has 0 amide bonds. The number of piperidine rings is 1. The van der Waals surface area contributed by atoms with Crippen LogP contribution in [0.2, 0.25) is 0 Å². The van der Waals surface area contributed by atoms with Crippen LogP contribution in [0.15, 0.2) is 42.6 Å². The summed E-state index contributed by atoms with van der Waals surface area (Å²) in [5, 5.41) is 0. The Morgan fingerprint density at radius 2 is 1.88 bits per heavy atom. The zero-order chi connectivity index (χ0) is 16.9. The van der Waals surface area contributed by atoms with Crippen molar-refractivity contribution in [2.45, 2.75) is 25.3 Å². The van der Waals surface area contributed by atoms with Crippen molar-refractivity contribution < 1.29 is 4.74 Å². The van der Waals surface area contributed by atoms with Gasteiger partial charge in [-0.2, -0.15) is 0 Å². The van der Waals surface area contributed by atoms with Gasteiger partial charge in [0.2, 0.25) is 0 Å². The van der Waals surface area contributed by atoms with Gasteiger partial charge in [0.05, 0.1) is 7.11 Å². The Labute approximate surface area is 145 Å². The number of para-hydroxylation sites is 1. The number of likely N-dealkylation sites (tertiary alicyclic amines) is 1. The molecule has 1 aliphatic heterocycles. The quantitative estimate of drug-likeness (QED) is 0.841. The van der Waals surface area contributed by atoms with Crippen molar-refractivity contribution >= 4 is 5.82 Å². The highest BCUT2D eigenvalue weighted by atomic mass is 16.5. The highest BCUT2D eigenvalue weighted by Crippen LogP contribution is 2.34. The smallest absolute Gasteiger partial charge is 0.127 e. The van der Waals surface area contributed by atoms with Crippen LogP contribution in [0.5, 0.6) is 5.75 Å².